The van der Waals surface area contributed by atoms with Crippen molar-refractivity contribution in [2.45, 2.75) is 18.7 Å². The maximum Gasteiger partial charge on any atom is 0.237 e. The molecule has 0 aliphatic rings. The van der Waals surface area contributed by atoms with E-state index in [9.17, 15) is 4.79 Å². The maximum absolute atomic E-state index is 11.6. The molecule has 1 amide bonds. The average molecular weight is 302 g/mol. The van der Waals surface area contributed by atoms with Crippen LogP contribution in [0.4, 0.5) is 5.69 Å². The predicted octanol–water partition coefficient (Wildman–Crippen LogP) is 2.73. The number of aryl methyl sites for hydroxylation is 1. The second kappa shape index (κ2) is 5.91. The van der Waals surface area contributed by atoms with Crippen LogP contribution >= 0.6 is 15.9 Å². The number of halogens is 1. The summed E-state index contributed by atoms with van der Waals surface area (Å²) in [6, 6.07) is 3.58. The van der Waals surface area contributed by atoms with Gasteiger partial charge in [0, 0.05) is 11.8 Å². The van der Waals surface area contributed by atoms with E-state index in [4.69, 9.17) is 9.47 Å². The van der Waals surface area contributed by atoms with Gasteiger partial charge >= 0.3 is 0 Å². The molecular weight excluding hydrogens is 286 g/mol. The van der Waals surface area contributed by atoms with Gasteiger partial charge in [0.25, 0.3) is 0 Å². The minimum atomic E-state index is -0.241. The van der Waals surface area contributed by atoms with Gasteiger partial charge in [0.2, 0.25) is 5.91 Å². The third-order valence-corrected chi connectivity index (χ3v) is 2.77. The molecule has 1 aromatic rings. The lowest BCUT2D eigenvalue weighted by atomic mass is 10.1. The summed E-state index contributed by atoms with van der Waals surface area (Å²) in [6.07, 6.45) is 0. The fourth-order valence-electron chi connectivity index (χ4n) is 1.35. The summed E-state index contributed by atoms with van der Waals surface area (Å²) in [6.45, 7) is 3.67. The monoisotopic (exact) mass is 301 g/mol. The lowest BCUT2D eigenvalue weighted by molar-refractivity contribution is -0.115. The highest BCUT2D eigenvalue weighted by molar-refractivity contribution is 9.10. The van der Waals surface area contributed by atoms with Crippen molar-refractivity contribution in [2.75, 3.05) is 19.5 Å². The number of hydrogen-bond donors (Lipinski definition) is 1. The van der Waals surface area contributed by atoms with Crippen LogP contribution < -0.4 is 14.8 Å². The highest BCUT2D eigenvalue weighted by Crippen LogP contribution is 2.32. The Hall–Kier alpha value is -1.23. The molecule has 1 rings (SSSR count). The molecule has 1 N–H and O–H groups in total. The number of rotatable bonds is 4. The molecule has 0 aliphatic carbocycles. The number of anilines is 1. The first-order valence-electron chi connectivity index (χ1n) is 5.17. The topological polar surface area (TPSA) is 47.6 Å². The van der Waals surface area contributed by atoms with Gasteiger partial charge in [-0.3, -0.25) is 4.79 Å². The van der Waals surface area contributed by atoms with E-state index in [1.165, 1.54) is 0 Å². The highest BCUT2D eigenvalue weighted by Gasteiger charge is 2.13. The Morgan fingerprint density at radius 1 is 1.29 bits per heavy atom. The molecule has 5 heteroatoms. The van der Waals surface area contributed by atoms with E-state index >= 15 is 0 Å². The van der Waals surface area contributed by atoms with E-state index < -0.39 is 0 Å². The largest absolute Gasteiger partial charge is 0.493 e. The number of ether oxygens (including phenoxy) is 2. The molecule has 0 saturated heterocycles. The van der Waals surface area contributed by atoms with Gasteiger partial charge in [-0.05, 0) is 25.5 Å². The molecule has 0 saturated carbocycles. The molecule has 0 fully saturated rings. The minimum absolute atomic E-state index is 0.0969. The molecule has 1 atom stereocenters. The Balaban J connectivity index is 3.04. The van der Waals surface area contributed by atoms with E-state index in [2.05, 4.69) is 21.2 Å². The molecule has 0 bridgehead atoms. The van der Waals surface area contributed by atoms with E-state index in [1.54, 1.807) is 27.2 Å². The van der Waals surface area contributed by atoms with E-state index in [0.717, 1.165) is 11.3 Å². The quantitative estimate of drug-likeness (QED) is 0.870. The number of carbonyl (C=O) groups is 1. The lowest BCUT2D eigenvalue weighted by Crippen LogP contribution is -2.20. The number of alkyl halides is 1. The Labute approximate surface area is 109 Å². The van der Waals surface area contributed by atoms with Gasteiger partial charge in [-0.2, -0.15) is 0 Å². The van der Waals surface area contributed by atoms with Crippen LogP contribution in [-0.2, 0) is 4.79 Å². The highest BCUT2D eigenvalue weighted by atomic mass is 79.9. The van der Waals surface area contributed by atoms with E-state index in [1.807, 2.05) is 13.0 Å². The van der Waals surface area contributed by atoms with Crippen molar-refractivity contribution in [1.29, 1.82) is 0 Å². The summed E-state index contributed by atoms with van der Waals surface area (Å²) in [7, 11) is 3.14. The summed E-state index contributed by atoms with van der Waals surface area (Å²) in [5, 5.41) is 2.81. The Morgan fingerprint density at radius 3 is 2.29 bits per heavy atom. The first kappa shape index (κ1) is 13.8. The molecular formula is C12H16BrNO3. The average Bonchev–Trinajstić information content (AvgIpc) is 2.30. The van der Waals surface area contributed by atoms with Crippen LogP contribution in [0.5, 0.6) is 11.5 Å². The third kappa shape index (κ3) is 3.36. The Bertz CT molecular complexity index is 418. The summed E-state index contributed by atoms with van der Waals surface area (Å²) in [5.41, 5.74) is 1.64. The summed E-state index contributed by atoms with van der Waals surface area (Å²) in [4.78, 5) is 11.3. The van der Waals surface area contributed by atoms with Gasteiger partial charge in [-0.25, -0.2) is 0 Å². The third-order valence-electron chi connectivity index (χ3n) is 2.35. The van der Waals surface area contributed by atoms with Gasteiger partial charge in [0.05, 0.1) is 19.0 Å². The van der Waals surface area contributed by atoms with Gasteiger partial charge in [0.15, 0.2) is 11.5 Å². The summed E-state index contributed by atoms with van der Waals surface area (Å²) >= 11 is 3.22. The number of carbonyl (C=O) groups excluding carboxylic acids is 1. The van der Waals surface area contributed by atoms with Crippen molar-refractivity contribution in [1.82, 2.24) is 0 Å². The van der Waals surface area contributed by atoms with Crippen LogP contribution in [0.2, 0.25) is 0 Å². The molecule has 4 nitrogen and oxygen atoms in total. The maximum atomic E-state index is 11.6. The van der Waals surface area contributed by atoms with Gasteiger partial charge in [-0.1, -0.05) is 15.9 Å². The number of methoxy groups -OCH3 is 2. The van der Waals surface area contributed by atoms with Crippen LogP contribution in [0.15, 0.2) is 12.1 Å². The molecule has 0 radical (unpaired) electrons. The smallest absolute Gasteiger partial charge is 0.237 e. The van der Waals surface area contributed by atoms with E-state index in [-0.39, 0.29) is 10.7 Å². The van der Waals surface area contributed by atoms with Crippen molar-refractivity contribution in [2.24, 2.45) is 0 Å². The zero-order chi connectivity index (χ0) is 13.0. The number of benzene rings is 1. The normalized spacial score (nSPS) is 11.8. The fraction of sp³-hybridized carbons (Fsp3) is 0.417. The fourth-order valence-corrected chi connectivity index (χ4v) is 1.46. The molecule has 0 spiro atoms. The SMILES string of the molecule is COc1cc(C)c(NC(=O)C(C)Br)cc1OC. The molecule has 1 unspecified atom stereocenters. The van der Waals surface area contributed by atoms with Gasteiger partial charge in [0.1, 0.15) is 0 Å². The lowest BCUT2D eigenvalue weighted by Gasteiger charge is -2.14. The molecule has 17 heavy (non-hydrogen) atoms. The molecule has 1 aromatic carbocycles. The Morgan fingerprint density at radius 2 is 1.82 bits per heavy atom. The van der Waals surface area contributed by atoms with Crippen molar-refractivity contribution in [3.05, 3.63) is 17.7 Å². The second-order valence-corrected chi connectivity index (χ2v) is 5.00. The van der Waals surface area contributed by atoms with Crippen LogP contribution in [0, 0.1) is 6.92 Å². The standard InChI is InChI=1S/C12H16BrNO3/c1-7-5-10(16-3)11(17-4)6-9(7)14-12(15)8(2)13/h5-6,8H,1-4H3,(H,14,15). The van der Waals surface area contributed by atoms with Crippen LogP contribution in [0.1, 0.15) is 12.5 Å². The van der Waals surface area contributed by atoms with Gasteiger partial charge in [-0.15, -0.1) is 0 Å². The molecule has 0 aliphatic heterocycles. The van der Waals surface area contributed by atoms with Crippen molar-refractivity contribution in [3.63, 3.8) is 0 Å². The van der Waals surface area contributed by atoms with E-state index in [0.29, 0.717) is 11.5 Å². The van der Waals surface area contributed by atoms with Crippen molar-refractivity contribution in [3.8, 4) is 11.5 Å². The molecule has 94 valence electrons. The zero-order valence-electron chi connectivity index (χ0n) is 10.3. The molecule has 0 aromatic heterocycles. The van der Waals surface area contributed by atoms with Crippen LogP contribution in [0.25, 0.3) is 0 Å². The van der Waals surface area contributed by atoms with Gasteiger partial charge < -0.3 is 14.8 Å². The summed E-state index contributed by atoms with van der Waals surface area (Å²) in [5.74, 6) is 1.14. The Kier molecular flexibility index (Phi) is 4.81. The predicted molar refractivity (Wildman–Crippen MR) is 71.3 cm³/mol. The number of hydrogen-bond acceptors (Lipinski definition) is 3. The first-order chi connectivity index (χ1) is 7.99. The van der Waals surface area contributed by atoms with Crippen molar-refractivity contribution < 1.29 is 14.3 Å². The number of amides is 1. The van der Waals surface area contributed by atoms with Crippen LogP contribution in [0.3, 0.4) is 0 Å². The molecule has 0 heterocycles. The zero-order valence-corrected chi connectivity index (χ0v) is 11.9. The minimum Gasteiger partial charge on any atom is -0.493 e. The first-order valence-corrected chi connectivity index (χ1v) is 6.08. The van der Waals surface area contributed by atoms with Crippen molar-refractivity contribution >= 4 is 27.5 Å². The number of nitrogens with one attached hydrogen (secondary N) is 1. The van der Waals surface area contributed by atoms with Crippen LogP contribution in [-0.4, -0.2) is 25.0 Å². The summed E-state index contributed by atoms with van der Waals surface area (Å²) < 4.78 is 10.4. The second-order valence-electron chi connectivity index (χ2n) is 3.63.